The van der Waals surface area contributed by atoms with Crippen molar-refractivity contribution in [1.82, 2.24) is 10.6 Å². The van der Waals surface area contributed by atoms with E-state index in [1.165, 1.54) is 0 Å². The van der Waals surface area contributed by atoms with Crippen molar-refractivity contribution in [2.24, 2.45) is 5.73 Å². The van der Waals surface area contributed by atoms with E-state index in [1.807, 2.05) is 60.7 Å². The quantitative estimate of drug-likeness (QED) is 0.743. The lowest BCUT2D eigenvalue weighted by Crippen LogP contribution is -2.40. The van der Waals surface area contributed by atoms with Gasteiger partial charge in [0.05, 0.1) is 19.1 Å². The van der Waals surface area contributed by atoms with Crippen LogP contribution in [0.3, 0.4) is 0 Å². The zero-order valence-corrected chi connectivity index (χ0v) is 12.2. The average molecular weight is 297 g/mol. The molecule has 0 saturated carbocycles. The number of nitrogens with one attached hydrogen (secondary N) is 2. The van der Waals surface area contributed by atoms with Crippen LogP contribution < -0.4 is 16.4 Å². The van der Waals surface area contributed by atoms with Crippen LogP contribution in [0.1, 0.15) is 17.2 Å². The molecule has 22 heavy (non-hydrogen) atoms. The van der Waals surface area contributed by atoms with Gasteiger partial charge in [0.25, 0.3) is 0 Å². The van der Waals surface area contributed by atoms with Crippen LogP contribution in [-0.2, 0) is 9.59 Å². The van der Waals surface area contributed by atoms with E-state index in [1.54, 1.807) is 0 Å². The Bertz CT molecular complexity index is 575. The smallest absolute Gasteiger partial charge is 0.240 e. The zero-order chi connectivity index (χ0) is 15.8. The molecule has 0 radical (unpaired) electrons. The highest BCUT2D eigenvalue weighted by Crippen LogP contribution is 2.21. The zero-order valence-electron chi connectivity index (χ0n) is 12.2. The summed E-state index contributed by atoms with van der Waals surface area (Å²) in [6.07, 6.45) is 0. The molecule has 0 bridgehead atoms. The van der Waals surface area contributed by atoms with E-state index < -0.39 is 0 Å². The molecule has 2 aromatic rings. The summed E-state index contributed by atoms with van der Waals surface area (Å²) in [4.78, 5) is 23.2. The van der Waals surface area contributed by atoms with Gasteiger partial charge in [-0.2, -0.15) is 0 Å². The highest BCUT2D eigenvalue weighted by molar-refractivity contribution is 5.85. The van der Waals surface area contributed by atoms with Gasteiger partial charge in [-0.1, -0.05) is 60.7 Å². The summed E-state index contributed by atoms with van der Waals surface area (Å²) in [5.41, 5.74) is 7.16. The molecule has 5 heteroatoms. The summed E-state index contributed by atoms with van der Waals surface area (Å²) < 4.78 is 0. The Morgan fingerprint density at radius 2 is 1.36 bits per heavy atom. The number of carbonyl (C=O) groups excluding carboxylic acids is 2. The van der Waals surface area contributed by atoms with Gasteiger partial charge < -0.3 is 16.4 Å². The Hall–Kier alpha value is -2.66. The summed E-state index contributed by atoms with van der Waals surface area (Å²) in [5, 5.41) is 5.40. The fourth-order valence-corrected chi connectivity index (χ4v) is 2.11. The van der Waals surface area contributed by atoms with Crippen LogP contribution in [-0.4, -0.2) is 24.9 Å². The molecule has 2 aromatic carbocycles. The van der Waals surface area contributed by atoms with Crippen molar-refractivity contribution in [2.75, 3.05) is 13.1 Å². The maximum atomic E-state index is 12.1. The molecule has 5 nitrogen and oxygen atoms in total. The molecule has 0 aliphatic carbocycles. The lowest BCUT2D eigenvalue weighted by atomic mass is 9.99. The topological polar surface area (TPSA) is 84.2 Å². The first kappa shape index (κ1) is 15.7. The molecule has 0 heterocycles. The lowest BCUT2D eigenvalue weighted by Gasteiger charge is -2.20. The van der Waals surface area contributed by atoms with Gasteiger partial charge in [-0.25, -0.2) is 0 Å². The molecule has 4 N–H and O–H groups in total. The third-order valence-electron chi connectivity index (χ3n) is 3.20. The minimum atomic E-state index is -0.355. The number of hydrogen-bond acceptors (Lipinski definition) is 3. The molecule has 0 aliphatic heterocycles. The Morgan fingerprint density at radius 3 is 1.82 bits per heavy atom. The van der Waals surface area contributed by atoms with E-state index in [9.17, 15) is 9.59 Å². The summed E-state index contributed by atoms with van der Waals surface area (Å²) in [7, 11) is 0. The van der Waals surface area contributed by atoms with Crippen LogP contribution in [0.25, 0.3) is 0 Å². The van der Waals surface area contributed by atoms with Gasteiger partial charge in [0.15, 0.2) is 0 Å². The van der Waals surface area contributed by atoms with Gasteiger partial charge in [0.2, 0.25) is 11.8 Å². The number of rotatable bonds is 6. The minimum Gasteiger partial charge on any atom is -0.346 e. The van der Waals surface area contributed by atoms with Crippen LogP contribution in [0.2, 0.25) is 0 Å². The summed E-state index contributed by atoms with van der Waals surface area (Å²) in [6.45, 7) is -0.222. The van der Waals surface area contributed by atoms with Crippen LogP contribution >= 0.6 is 0 Å². The SMILES string of the molecule is NCC(=O)NCC(=O)NC(c1ccccc1)c1ccccc1. The van der Waals surface area contributed by atoms with Crippen LogP contribution in [0.15, 0.2) is 60.7 Å². The molecule has 0 fully saturated rings. The van der Waals surface area contributed by atoms with E-state index >= 15 is 0 Å². The molecular weight excluding hydrogens is 278 g/mol. The number of hydrogen-bond donors (Lipinski definition) is 3. The maximum absolute atomic E-state index is 12.1. The highest BCUT2D eigenvalue weighted by Gasteiger charge is 2.16. The van der Waals surface area contributed by atoms with Gasteiger partial charge in [-0.05, 0) is 11.1 Å². The first-order valence-corrected chi connectivity index (χ1v) is 7.06. The Morgan fingerprint density at radius 1 is 0.864 bits per heavy atom. The third-order valence-corrected chi connectivity index (χ3v) is 3.20. The molecule has 2 rings (SSSR count). The third kappa shape index (κ3) is 4.43. The van der Waals surface area contributed by atoms with E-state index in [4.69, 9.17) is 5.73 Å². The number of benzene rings is 2. The van der Waals surface area contributed by atoms with Gasteiger partial charge in [-0.3, -0.25) is 9.59 Å². The van der Waals surface area contributed by atoms with Gasteiger partial charge in [0, 0.05) is 0 Å². The van der Waals surface area contributed by atoms with Crippen LogP contribution in [0.5, 0.6) is 0 Å². The van der Waals surface area contributed by atoms with Crippen molar-refractivity contribution >= 4 is 11.8 Å². The molecule has 0 saturated heterocycles. The van der Waals surface area contributed by atoms with Gasteiger partial charge in [0.1, 0.15) is 0 Å². The molecule has 0 aliphatic rings. The van der Waals surface area contributed by atoms with Crippen molar-refractivity contribution in [3.05, 3.63) is 71.8 Å². The van der Waals surface area contributed by atoms with Crippen molar-refractivity contribution in [2.45, 2.75) is 6.04 Å². The predicted octanol–water partition coefficient (Wildman–Crippen LogP) is 0.967. The summed E-state index contributed by atoms with van der Waals surface area (Å²) >= 11 is 0. The number of nitrogens with two attached hydrogens (primary N) is 1. The lowest BCUT2D eigenvalue weighted by molar-refractivity contribution is -0.125. The largest absolute Gasteiger partial charge is 0.346 e. The normalized spacial score (nSPS) is 10.3. The second kappa shape index (κ2) is 7.95. The molecule has 0 unspecified atom stereocenters. The number of carbonyl (C=O) groups is 2. The summed E-state index contributed by atoms with van der Waals surface area (Å²) in [5.74, 6) is -0.620. The Balaban J connectivity index is 2.12. The minimum absolute atomic E-state index is 0.0911. The second-order valence-electron chi connectivity index (χ2n) is 4.80. The molecule has 0 atom stereocenters. The Labute approximate surface area is 129 Å². The van der Waals surface area contributed by atoms with E-state index in [0.717, 1.165) is 11.1 Å². The van der Waals surface area contributed by atoms with Crippen molar-refractivity contribution in [3.63, 3.8) is 0 Å². The summed E-state index contributed by atoms with van der Waals surface area (Å²) in [6, 6.07) is 19.1. The van der Waals surface area contributed by atoms with Crippen LogP contribution in [0.4, 0.5) is 0 Å². The first-order valence-electron chi connectivity index (χ1n) is 7.06. The van der Waals surface area contributed by atoms with Crippen molar-refractivity contribution in [1.29, 1.82) is 0 Å². The highest BCUT2D eigenvalue weighted by atomic mass is 16.2. The monoisotopic (exact) mass is 297 g/mol. The van der Waals surface area contributed by atoms with Gasteiger partial charge >= 0.3 is 0 Å². The standard InChI is InChI=1S/C17H19N3O2/c18-11-15(21)19-12-16(22)20-17(13-7-3-1-4-8-13)14-9-5-2-6-10-14/h1-10,17H,11-12,18H2,(H,19,21)(H,20,22). The Kier molecular flexibility index (Phi) is 5.68. The van der Waals surface area contributed by atoms with E-state index in [-0.39, 0.29) is 30.9 Å². The first-order chi connectivity index (χ1) is 10.7. The van der Waals surface area contributed by atoms with Crippen molar-refractivity contribution < 1.29 is 9.59 Å². The second-order valence-corrected chi connectivity index (χ2v) is 4.80. The molecule has 0 spiro atoms. The fraction of sp³-hybridized carbons (Fsp3) is 0.176. The van der Waals surface area contributed by atoms with Crippen LogP contribution in [0, 0.1) is 0 Å². The van der Waals surface area contributed by atoms with Crippen molar-refractivity contribution in [3.8, 4) is 0 Å². The number of amides is 2. The van der Waals surface area contributed by atoms with E-state index in [0.29, 0.717) is 0 Å². The predicted molar refractivity (Wildman–Crippen MR) is 84.9 cm³/mol. The molecule has 114 valence electrons. The average Bonchev–Trinajstić information content (AvgIpc) is 2.59. The molecule has 0 aromatic heterocycles. The molecular formula is C17H19N3O2. The van der Waals surface area contributed by atoms with E-state index in [2.05, 4.69) is 10.6 Å². The fourth-order valence-electron chi connectivity index (χ4n) is 2.11. The molecule has 2 amide bonds. The maximum Gasteiger partial charge on any atom is 0.240 e. The van der Waals surface area contributed by atoms with Gasteiger partial charge in [-0.15, -0.1) is 0 Å².